The summed E-state index contributed by atoms with van der Waals surface area (Å²) in [5, 5.41) is 10.6. The fourth-order valence-electron chi connectivity index (χ4n) is 5.73. The van der Waals surface area contributed by atoms with Crippen LogP contribution in [0, 0.1) is 11.3 Å². The van der Waals surface area contributed by atoms with E-state index in [0.717, 1.165) is 30.4 Å². The highest BCUT2D eigenvalue weighted by Crippen LogP contribution is 2.65. The highest BCUT2D eigenvalue weighted by molar-refractivity contribution is 6.01. The summed E-state index contributed by atoms with van der Waals surface area (Å²) in [7, 11) is 0. The van der Waals surface area contributed by atoms with Crippen LogP contribution < -0.4 is 0 Å². The number of benzene rings is 2. The topological polar surface area (TPSA) is 37.3 Å². The van der Waals surface area contributed by atoms with Crippen LogP contribution in [-0.4, -0.2) is 10.9 Å². The Bertz CT molecular complexity index is 969. The van der Waals surface area contributed by atoms with Gasteiger partial charge in [0.1, 0.15) is 11.5 Å². The van der Waals surface area contributed by atoms with Crippen molar-refractivity contribution >= 4 is 16.9 Å². The quantitative estimate of drug-likeness (QED) is 0.476. The molecule has 4 rings (SSSR count). The first kappa shape index (κ1) is 20.7. The number of ketones is 1. The van der Waals surface area contributed by atoms with Gasteiger partial charge in [0.15, 0.2) is 0 Å². The number of rotatable bonds is 8. The van der Waals surface area contributed by atoms with Gasteiger partial charge in [0, 0.05) is 23.3 Å². The van der Waals surface area contributed by atoms with E-state index in [0.29, 0.717) is 12.2 Å². The third-order valence-electron chi connectivity index (χ3n) is 7.16. The van der Waals surface area contributed by atoms with E-state index in [9.17, 15) is 9.90 Å². The van der Waals surface area contributed by atoms with Crippen molar-refractivity contribution in [1.82, 2.24) is 0 Å². The molecule has 1 fully saturated rings. The zero-order valence-corrected chi connectivity index (χ0v) is 18.0. The highest BCUT2D eigenvalue weighted by atomic mass is 16.3. The molecule has 0 aliphatic heterocycles. The van der Waals surface area contributed by atoms with Gasteiger partial charge in [-0.25, -0.2) is 0 Å². The van der Waals surface area contributed by atoms with Gasteiger partial charge in [-0.3, -0.25) is 4.79 Å². The zero-order chi connectivity index (χ0) is 21.1. The van der Waals surface area contributed by atoms with Gasteiger partial charge in [-0.15, -0.1) is 0 Å². The molecule has 0 heterocycles. The molecule has 0 radical (unpaired) electrons. The first-order valence-corrected chi connectivity index (χ1v) is 11.4. The van der Waals surface area contributed by atoms with Gasteiger partial charge in [-0.2, -0.15) is 0 Å². The minimum atomic E-state index is -0.405. The first-order chi connectivity index (χ1) is 14.6. The second-order valence-electron chi connectivity index (χ2n) is 8.85. The molecule has 30 heavy (non-hydrogen) atoms. The number of hydrogen-bond acceptors (Lipinski definition) is 2. The maximum atomic E-state index is 13.1. The number of hydrogen-bond donors (Lipinski definition) is 1. The average Bonchev–Trinajstić information content (AvgIpc) is 3.27. The minimum Gasteiger partial charge on any atom is -0.507 e. The predicted octanol–water partition coefficient (Wildman–Crippen LogP) is 7.20. The van der Waals surface area contributed by atoms with Crippen LogP contribution in [0.25, 0.3) is 11.1 Å². The Morgan fingerprint density at radius 3 is 2.53 bits per heavy atom. The summed E-state index contributed by atoms with van der Waals surface area (Å²) in [6.45, 7) is 6.74. The molecule has 2 nitrogen and oxygen atoms in total. The van der Waals surface area contributed by atoms with Gasteiger partial charge in [-0.1, -0.05) is 86.9 Å². The van der Waals surface area contributed by atoms with Crippen molar-refractivity contribution in [2.45, 2.75) is 58.3 Å². The number of Topliss-reactive ketones (excluding diaryl/α,β-unsaturated/α-hetero) is 1. The van der Waals surface area contributed by atoms with E-state index in [1.54, 1.807) is 6.07 Å². The third kappa shape index (κ3) is 3.43. The second kappa shape index (κ2) is 8.63. The number of phenolic OH excluding ortho intramolecular Hbond substituents is 1. The van der Waals surface area contributed by atoms with Crippen LogP contribution in [-0.2, 0) is 4.79 Å². The summed E-state index contributed by atoms with van der Waals surface area (Å²) >= 11 is 0. The van der Waals surface area contributed by atoms with Gasteiger partial charge >= 0.3 is 0 Å². The van der Waals surface area contributed by atoms with Crippen LogP contribution in [0.4, 0.5) is 0 Å². The Hall–Kier alpha value is -2.61. The van der Waals surface area contributed by atoms with E-state index >= 15 is 0 Å². The number of fused-ring (bicyclic) bond motifs is 1. The molecular weight excluding hydrogens is 368 g/mol. The molecule has 0 bridgehead atoms. The lowest BCUT2D eigenvalue weighted by atomic mass is 9.66. The Balaban J connectivity index is 1.83. The standard InChI is InChI=1S/C28H32O2/c1-3-4-5-7-14-22-19-24-26(30)17-18-28(24,27(22)21-12-8-6-9-13-21)20(2)23-15-10-11-16-25(23)29/h6,8-13,15-16,24,29H,2-5,7,14,17-19H2,1H3. The first-order valence-electron chi connectivity index (χ1n) is 11.4. The minimum absolute atomic E-state index is 0.0546. The van der Waals surface area contributed by atoms with E-state index in [2.05, 4.69) is 37.8 Å². The maximum absolute atomic E-state index is 13.1. The van der Waals surface area contributed by atoms with E-state index in [1.165, 1.54) is 42.4 Å². The fourth-order valence-corrected chi connectivity index (χ4v) is 5.73. The van der Waals surface area contributed by atoms with Crippen molar-refractivity contribution in [1.29, 1.82) is 0 Å². The molecular formula is C28H32O2. The molecule has 2 aromatic rings. The van der Waals surface area contributed by atoms with Crippen molar-refractivity contribution in [3.05, 3.63) is 77.9 Å². The van der Waals surface area contributed by atoms with Crippen LogP contribution in [0.5, 0.6) is 5.75 Å². The Labute approximate surface area is 180 Å². The van der Waals surface area contributed by atoms with Crippen molar-refractivity contribution < 1.29 is 9.90 Å². The molecule has 1 saturated carbocycles. The Morgan fingerprint density at radius 1 is 1.07 bits per heavy atom. The van der Waals surface area contributed by atoms with E-state index in [4.69, 9.17) is 0 Å². The van der Waals surface area contributed by atoms with E-state index in [-0.39, 0.29) is 11.7 Å². The summed E-state index contributed by atoms with van der Waals surface area (Å²) in [5.41, 5.74) is 5.21. The number of carbonyl (C=O) groups is 1. The summed E-state index contributed by atoms with van der Waals surface area (Å²) in [6, 6.07) is 18.0. The number of para-hydroxylation sites is 1. The Morgan fingerprint density at radius 2 is 1.80 bits per heavy atom. The lowest BCUT2D eigenvalue weighted by molar-refractivity contribution is -0.121. The molecule has 0 spiro atoms. The van der Waals surface area contributed by atoms with Gasteiger partial charge in [0.05, 0.1) is 0 Å². The summed E-state index contributed by atoms with van der Waals surface area (Å²) in [6.07, 6.45) is 8.13. The largest absolute Gasteiger partial charge is 0.507 e. The van der Waals surface area contributed by atoms with Crippen molar-refractivity contribution in [2.75, 3.05) is 0 Å². The second-order valence-corrected chi connectivity index (χ2v) is 8.85. The highest BCUT2D eigenvalue weighted by Gasteiger charge is 2.57. The number of phenols is 1. The maximum Gasteiger partial charge on any atom is 0.137 e. The number of unbranched alkanes of at least 4 members (excludes halogenated alkanes) is 3. The van der Waals surface area contributed by atoms with Crippen LogP contribution >= 0.6 is 0 Å². The molecule has 2 aliphatic rings. The van der Waals surface area contributed by atoms with Crippen LogP contribution in [0.1, 0.15) is 69.4 Å². The number of allylic oxidation sites excluding steroid dienone is 3. The molecule has 0 aromatic heterocycles. The molecule has 2 aliphatic carbocycles. The van der Waals surface area contributed by atoms with Crippen molar-refractivity contribution in [2.24, 2.45) is 11.3 Å². The number of carbonyl (C=O) groups excluding carboxylic acids is 1. The zero-order valence-electron chi connectivity index (χ0n) is 18.0. The molecule has 2 unspecified atom stereocenters. The predicted molar refractivity (Wildman–Crippen MR) is 124 cm³/mol. The van der Waals surface area contributed by atoms with Crippen molar-refractivity contribution in [3.8, 4) is 5.75 Å². The number of aromatic hydroxyl groups is 1. The van der Waals surface area contributed by atoms with Crippen LogP contribution in [0.15, 0.2) is 66.7 Å². The smallest absolute Gasteiger partial charge is 0.137 e. The van der Waals surface area contributed by atoms with Gasteiger partial charge in [0.25, 0.3) is 0 Å². The van der Waals surface area contributed by atoms with Gasteiger partial charge in [-0.05, 0) is 48.5 Å². The van der Waals surface area contributed by atoms with E-state index in [1.807, 2.05) is 24.3 Å². The normalized spacial score (nSPS) is 23.1. The van der Waals surface area contributed by atoms with Crippen LogP contribution in [0.3, 0.4) is 0 Å². The molecule has 2 aromatic carbocycles. The third-order valence-corrected chi connectivity index (χ3v) is 7.16. The lowest BCUT2D eigenvalue weighted by Crippen LogP contribution is -2.27. The molecule has 2 heteroatoms. The SMILES string of the molecule is C=C(c1ccccc1O)C12CCC(=O)C1CC(CCCCCC)=C2c1ccccc1. The van der Waals surface area contributed by atoms with Crippen LogP contribution in [0.2, 0.25) is 0 Å². The van der Waals surface area contributed by atoms with Crippen molar-refractivity contribution in [3.63, 3.8) is 0 Å². The van der Waals surface area contributed by atoms with Gasteiger partial charge < -0.3 is 5.11 Å². The van der Waals surface area contributed by atoms with E-state index < -0.39 is 5.41 Å². The van der Waals surface area contributed by atoms with Gasteiger partial charge in [0.2, 0.25) is 0 Å². The average molecular weight is 401 g/mol. The Kier molecular flexibility index (Phi) is 5.94. The summed E-state index contributed by atoms with van der Waals surface area (Å²) in [4.78, 5) is 13.1. The molecule has 156 valence electrons. The molecule has 1 N–H and O–H groups in total. The monoisotopic (exact) mass is 400 g/mol. The summed E-state index contributed by atoms with van der Waals surface area (Å²) < 4.78 is 0. The molecule has 0 amide bonds. The lowest BCUT2D eigenvalue weighted by Gasteiger charge is -2.35. The fraction of sp³-hybridized carbons (Fsp3) is 0.393. The molecule has 0 saturated heterocycles. The summed E-state index contributed by atoms with van der Waals surface area (Å²) in [5.74, 6) is 0.545. The molecule has 2 atom stereocenters.